The Morgan fingerprint density at radius 3 is 2.67 bits per heavy atom. The second-order valence-electron chi connectivity index (χ2n) is 6.29. The van der Waals surface area contributed by atoms with Crippen molar-refractivity contribution in [1.29, 1.82) is 0 Å². The molecule has 0 spiro atoms. The predicted molar refractivity (Wildman–Crippen MR) is 85.9 cm³/mol. The molecule has 1 rings (SSSR count). The molecule has 3 N–H and O–H groups in total. The SMILES string of the molecule is Cc1cc(C)n(CCCNC(=O)C[C@@H](CN)CC(C)C)n1. The Bertz CT molecular complexity index is 439. The summed E-state index contributed by atoms with van der Waals surface area (Å²) in [5.74, 6) is 0.984. The van der Waals surface area contributed by atoms with Crippen LogP contribution in [0, 0.1) is 25.7 Å². The van der Waals surface area contributed by atoms with Crippen LogP contribution in [-0.2, 0) is 11.3 Å². The van der Waals surface area contributed by atoms with Gasteiger partial charge in [0.15, 0.2) is 0 Å². The van der Waals surface area contributed by atoms with Gasteiger partial charge in [-0.3, -0.25) is 9.48 Å². The molecule has 1 aromatic heterocycles. The van der Waals surface area contributed by atoms with Gasteiger partial charge in [-0.2, -0.15) is 5.10 Å². The van der Waals surface area contributed by atoms with Gasteiger partial charge in [-0.1, -0.05) is 13.8 Å². The fourth-order valence-corrected chi connectivity index (χ4v) is 2.62. The topological polar surface area (TPSA) is 72.9 Å². The minimum Gasteiger partial charge on any atom is -0.356 e. The molecule has 5 nitrogen and oxygen atoms in total. The van der Waals surface area contributed by atoms with E-state index >= 15 is 0 Å². The van der Waals surface area contributed by atoms with Gasteiger partial charge in [0.25, 0.3) is 0 Å². The van der Waals surface area contributed by atoms with Gasteiger partial charge in [-0.15, -0.1) is 0 Å². The fourth-order valence-electron chi connectivity index (χ4n) is 2.62. The standard InChI is InChI=1S/C16H30N4O/c1-12(2)8-15(11-17)10-16(21)18-6-5-7-20-14(4)9-13(3)19-20/h9,12,15H,5-8,10-11,17H2,1-4H3,(H,18,21)/t15-/m0/s1. The van der Waals surface area contributed by atoms with Crippen LogP contribution in [0.15, 0.2) is 6.07 Å². The van der Waals surface area contributed by atoms with Crippen LogP contribution in [0.25, 0.3) is 0 Å². The van der Waals surface area contributed by atoms with Gasteiger partial charge < -0.3 is 11.1 Å². The van der Waals surface area contributed by atoms with Gasteiger partial charge in [-0.25, -0.2) is 0 Å². The molecule has 5 heteroatoms. The van der Waals surface area contributed by atoms with E-state index in [1.54, 1.807) is 0 Å². The molecule has 1 heterocycles. The maximum absolute atomic E-state index is 11.9. The zero-order valence-corrected chi connectivity index (χ0v) is 13.9. The zero-order valence-electron chi connectivity index (χ0n) is 13.9. The van der Waals surface area contributed by atoms with Gasteiger partial charge in [0.1, 0.15) is 0 Å². The number of carbonyl (C=O) groups is 1. The number of hydrogen-bond acceptors (Lipinski definition) is 3. The minimum atomic E-state index is 0.111. The molecule has 0 bridgehead atoms. The van der Waals surface area contributed by atoms with Crippen molar-refractivity contribution in [2.45, 2.75) is 53.5 Å². The fraction of sp³-hybridized carbons (Fsp3) is 0.750. The molecule has 0 fully saturated rings. The average molecular weight is 294 g/mol. The molecular formula is C16H30N4O. The lowest BCUT2D eigenvalue weighted by Gasteiger charge is -2.16. The highest BCUT2D eigenvalue weighted by Crippen LogP contribution is 2.13. The highest BCUT2D eigenvalue weighted by molar-refractivity contribution is 5.76. The zero-order chi connectivity index (χ0) is 15.8. The molecule has 0 aliphatic carbocycles. The van der Waals surface area contributed by atoms with Crippen molar-refractivity contribution in [3.05, 3.63) is 17.5 Å². The van der Waals surface area contributed by atoms with Crippen LogP contribution in [0.2, 0.25) is 0 Å². The summed E-state index contributed by atoms with van der Waals surface area (Å²) < 4.78 is 1.99. The van der Waals surface area contributed by atoms with Crippen LogP contribution in [0.4, 0.5) is 0 Å². The highest BCUT2D eigenvalue weighted by atomic mass is 16.1. The molecule has 120 valence electrons. The maximum atomic E-state index is 11.9. The molecule has 0 aromatic carbocycles. The van der Waals surface area contributed by atoms with Crippen LogP contribution < -0.4 is 11.1 Å². The van der Waals surface area contributed by atoms with Gasteiger partial charge in [-0.05, 0) is 51.1 Å². The number of aromatic nitrogens is 2. The van der Waals surface area contributed by atoms with Crippen LogP contribution in [0.5, 0.6) is 0 Å². The van der Waals surface area contributed by atoms with E-state index in [0.717, 1.165) is 25.1 Å². The van der Waals surface area contributed by atoms with Gasteiger partial charge in [0.05, 0.1) is 5.69 Å². The Kier molecular flexibility index (Phi) is 7.43. The molecule has 0 saturated carbocycles. The lowest BCUT2D eigenvalue weighted by molar-refractivity contribution is -0.122. The van der Waals surface area contributed by atoms with E-state index in [4.69, 9.17) is 5.73 Å². The van der Waals surface area contributed by atoms with Crippen molar-refractivity contribution in [3.8, 4) is 0 Å². The summed E-state index contributed by atoms with van der Waals surface area (Å²) in [4.78, 5) is 11.9. The summed E-state index contributed by atoms with van der Waals surface area (Å²) in [6.45, 7) is 10.5. The lowest BCUT2D eigenvalue weighted by atomic mass is 9.94. The Hall–Kier alpha value is -1.36. The Morgan fingerprint density at radius 1 is 1.43 bits per heavy atom. The van der Waals surface area contributed by atoms with Crippen molar-refractivity contribution in [2.24, 2.45) is 17.6 Å². The van der Waals surface area contributed by atoms with Gasteiger partial charge >= 0.3 is 0 Å². The van der Waals surface area contributed by atoms with Crippen LogP contribution in [-0.4, -0.2) is 28.8 Å². The monoisotopic (exact) mass is 294 g/mol. The number of nitrogens with zero attached hydrogens (tertiary/aromatic N) is 2. The van der Waals surface area contributed by atoms with Gasteiger partial charge in [0, 0.05) is 25.2 Å². The lowest BCUT2D eigenvalue weighted by Crippen LogP contribution is -2.30. The minimum absolute atomic E-state index is 0.111. The summed E-state index contributed by atoms with van der Waals surface area (Å²) >= 11 is 0. The number of aryl methyl sites for hydroxylation is 3. The summed E-state index contributed by atoms with van der Waals surface area (Å²) in [5, 5.41) is 7.39. The summed E-state index contributed by atoms with van der Waals surface area (Å²) in [6, 6.07) is 2.07. The van der Waals surface area contributed by atoms with Crippen LogP contribution in [0.3, 0.4) is 0 Å². The summed E-state index contributed by atoms with van der Waals surface area (Å²) in [7, 11) is 0. The second kappa shape index (κ2) is 8.82. The normalized spacial score (nSPS) is 12.7. The van der Waals surface area contributed by atoms with E-state index in [9.17, 15) is 4.79 Å². The molecule has 0 aliphatic rings. The predicted octanol–water partition coefficient (Wildman–Crippen LogP) is 2.02. The van der Waals surface area contributed by atoms with Crippen LogP contribution in [0.1, 0.15) is 44.5 Å². The third kappa shape index (κ3) is 6.76. The average Bonchev–Trinajstić information content (AvgIpc) is 2.71. The second-order valence-corrected chi connectivity index (χ2v) is 6.29. The van der Waals surface area contributed by atoms with E-state index in [1.165, 1.54) is 5.69 Å². The number of nitrogens with two attached hydrogens (primary N) is 1. The molecule has 21 heavy (non-hydrogen) atoms. The van der Waals surface area contributed by atoms with E-state index in [-0.39, 0.29) is 5.91 Å². The first-order chi connectivity index (χ1) is 9.92. The molecule has 0 saturated heterocycles. The smallest absolute Gasteiger partial charge is 0.220 e. The first kappa shape index (κ1) is 17.7. The molecule has 1 atom stereocenters. The molecule has 0 unspecified atom stereocenters. The number of rotatable bonds is 9. The number of nitrogens with one attached hydrogen (secondary N) is 1. The Labute approximate surface area is 128 Å². The summed E-state index contributed by atoms with van der Waals surface area (Å²) in [6.07, 6.45) is 2.44. The quantitative estimate of drug-likeness (QED) is 0.684. The highest BCUT2D eigenvalue weighted by Gasteiger charge is 2.13. The molecule has 0 aliphatic heterocycles. The number of hydrogen-bond donors (Lipinski definition) is 2. The number of amides is 1. The van der Waals surface area contributed by atoms with Crippen molar-refractivity contribution >= 4 is 5.91 Å². The third-order valence-corrected chi connectivity index (χ3v) is 3.58. The van der Waals surface area contributed by atoms with E-state index < -0.39 is 0 Å². The molecular weight excluding hydrogens is 264 g/mol. The van der Waals surface area contributed by atoms with Crippen molar-refractivity contribution in [3.63, 3.8) is 0 Å². The third-order valence-electron chi connectivity index (χ3n) is 3.58. The number of carbonyl (C=O) groups excluding carboxylic acids is 1. The molecule has 1 aromatic rings. The maximum Gasteiger partial charge on any atom is 0.220 e. The largest absolute Gasteiger partial charge is 0.356 e. The Balaban J connectivity index is 2.22. The van der Waals surface area contributed by atoms with Crippen molar-refractivity contribution < 1.29 is 4.79 Å². The molecule has 0 radical (unpaired) electrons. The van der Waals surface area contributed by atoms with E-state index in [1.807, 2.05) is 11.6 Å². The Morgan fingerprint density at radius 2 is 2.14 bits per heavy atom. The van der Waals surface area contributed by atoms with Gasteiger partial charge in [0.2, 0.25) is 5.91 Å². The van der Waals surface area contributed by atoms with E-state index in [0.29, 0.717) is 31.3 Å². The first-order valence-electron chi connectivity index (χ1n) is 7.90. The van der Waals surface area contributed by atoms with Crippen LogP contribution >= 0.6 is 0 Å². The summed E-state index contributed by atoms with van der Waals surface area (Å²) in [5.41, 5.74) is 7.93. The first-order valence-corrected chi connectivity index (χ1v) is 7.90. The van der Waals surface area contributed by atoms with Crippen molar-refractivity contribution in [1.82, 2.24) is 15.1 Å². The molecule has 1 amide bonds. The van der Waals surface area contributed by atoms with E-state index in [2.05, 4.69) is 37.3 Å². The van der Waals surface area contributed by atoms with Crippen molar-refractivity contribution in [2.75, 3.05) is 13.1 Å².